The van der Waals surface area contributed by atoms with Crippen molar-refractivity contribution in [3.63, 3.8) is 0 Å². The summed E-state index contributed by atoms with van der Waals surface area (Å²) in [5.41, 5.74) is 0. The third kappa shape index (κ3) is 1.89. The van der Waals surface area contributed by atoms with Crippen LogP contribution in [0.5, 0.6) is 0 Å². The molecule has 0 radical (unpaired) electrons. The number of carboxylic acids is 1. The van der Waals surface area contributed by atoms with Gasteiger partial charge in [-0.1, -0.05) is 0 Å². The Morgan fingerprint density at radius 3 is 2.36 bits per heavy atom. The highest BCUT2D eigenvalue weighted by atomic mass is 16.4. The predicted molar refractivity (Wildman–Crippen MR) is 54.7 cm³/mol. The van der Waals surface area contributed by atoms with E-state index in [2.05, 4.69) is 0 Å². The van der Waals surface area contributed by atoms with Gasteiger partial charge in [0.25, 0.3) is 0 Å². The second-order valence-electron chi connectivity index (χ2n) is 4.20. The number of hydrogen-bond acceptors (Lipinski definition) is 2. The lowest BCUT2D eigenvalue weighted by molar-refractivity contribution is -0.548. The molecule has 1 N–H and O–H groups in total. The van der Waals surface area contributed by atoms with E-state index in [1.165, 1.54) is 0 Å². The highest BCUT2D eigenvalue weighted by Crippen LogP contribution is 2.09. The zero-order valence-electron chi connectivity index (χ0n) is 9.32. The molecule has 14 heavy (non-hydrogen) atoms. The van der Waals surface area contributed by atoms with Crippen molar-refractivity contribution in [2.75, 3.05) is 13.1 Å². The topological polar surface area (TPSA) is 43.5 Å². The van der Waals surface area contributed by atoms with Crippen LogP contribution in [0.2, 0.25) is 0 Å². The first-order valence-electron chi connectivity index (χ1n) is 5.08. The normalized spacial score (nSPS) is 17.4. The maximum Gasteiger partial charge on any atom is 0.418 e. The van der Waals surface area contributed by atoms with Crippen molar-refractivity contribution in [2.24, 2.45) is 0 Å². The fourth-order valence-electron chi connectivity index (χ4n) is 1.84. The molecule has 0 spiro atoms. The lowest BCUT2D eigenvalue weighted by Crippen LogP contribution is -2.41. The number of rotatable bonds is 3. The Morgan fingerprint density at radius 2 is 2.00 bits per heavy atom. The Labute approximate surface area is 84.8 Å². The summed E-state index contributed by atoms with van der Waals surface area (Å²) in [6.45, 7) is 9.72. The van der Waals surface area contributed by atoms with Crippen LogP contribution in [0.4, 0.5) is 0 Å². The van der Waals surface area contributed by atoms with Gasteiger partial charge in [-0.05, 0) is 27.7 Å². The molecule has 1 aliphatic rings. The number of amidine groups is 1. The smallest absolute Gasteiger partial charge is 0.418 e. The van der Waals surface area contributed by atoms with Crippen LogP contribution in [0.1, 0.15) is 27.7 Å². The van der Waals surface area contributed by atoms with E-state index in [1.807, 2.05) is 37.2 Å². The molecule has 0 atom stereocenters. The van der Waals surface area contributed by atoms with Crippen LogP contribution in [0.25, 0.3) is 0 Å². The third-order valence-electron chi connectivity index (χ3n) is 2.56. The molecule has 0 aromatic carbocycles. The molecule has 80 valence electrons. The Kier molecular flexibility index (Phi) is 3.13. The van der Waals surface area contributed by atoms with Gasteiger partial charge in [-0.2, -0.15) is 0 Å². The second kappa shape index (κ2) is 3.98. The summed E-state index contributed by atoms with van der Waals surface area (Å²) in [5, 5.41) is 9.13. The number of aliphatic carboxylic acids is 1. The van der Waals surface area contributed by atoms with Gasteiger partial charge < -0.3 is 5.11 Å². The van der Waals surface area contributed by atoms with Gasteiger partial charge in [0.2, 0.25) is 0 Å². The van der Waals surface area contributed by atoms with Gasteiger partial charge in [0.15, 0.2) is 0 Å². The first-order chi connectivity index (χ1) is 6.45. The monoisotopic (exact) mass is 199 g/mol. The van der Waals surface area contributed by atoms with Gasteiger partial charge >= 0.3 is 11.8 Å². The van der Waals surface area contributed by atoms with Crippen LogP contribution in [0.3, 0.4) is 0 Å². The van der Waals surface area contributed by atoms with Crippen LogP contribution in [0, 0.1) is 0 Å². The SMILES string of the molecule is CC(C)N1CC[N+](C(C)C)=C1C(=O)O. The number of carbonyl (C=O) groups is 1. The summed E-state index contributed by atoms with van der Waals surface area (Å²) in [6, 6.07) is 0.509. The first-order valence-corrected chi connectivity index (χ1v) is 5.08. The van der Waals surface area contributed by atoms with Crippen LogP contribution >= 0.6 is 0 Å². The lowest BCUT2D eigenvalue weighted by Gasteiger charge is -2.14. The van der Waals surface area contributed by atoms with Crippen LogP contribution in [-0.4, -0.2) is 51.6 Å². The largest absolute Gasteiger partial charge is 0.472 e. The molecule has 4 heteroatoms. The van der Waals surface area contributed by atoms with E-state index in [0.29, 0.717) is 5.84 Å². The summed E-state index contributed by atoms with van der Waals surface area (Å²) in [5.74, 6) is -0.361. The average Bonchev–Trinajstić information content (AvgIpc) is 2.46. The van der Waals surface area contributed by atoms with E-state index in [1.54, 1.807) is 0 Å². The molecule has 0 aromatic rings. The summed E-state index contributed by atoms with van der Waals surface area (Å²) in [6.07, 6.45) is 0. The Bertz CT molecular complexity index is 269. The Morgan fingerprint density at radius 1 is 1.43 bits per heavy atom. The van der Waals surface area contributed by atoms with Gasteiger partial charge in [-0.25, -0.2) is 14.3 Å². The molecule has 0 saturated carbocycles. The molecular weight excluding hydrogens is 180 g/mol. The van der Waals surface area contributed by atoms with Gasteiger partial charge in [0, 0.05) is 0 Å². The maximum atomic E-state index is 11.1. The van der Waals surface area contributed by atoms with E-state index in [0.717, 1.165) is 13.1 Å². The van der Waals surface area contributed by atoms with E-state index < -0.39 is 5.97 Å². The number of carboxylic acid groups (broad SMARTS) is 1. The van der Waals surface area contributed by atoms with Crippen molar-refractivity contribution in [3.8, 4) is 0 Å². The highest BCUT2D eigenvalue weighted by Gasteiger charge is 2.38. The van der Waals surface area contributed by atoms with Crippen molar-refractivity contribution in [3.05, 3.63) is 0 Å². The molecule has 0 unspecified atom stereocenters. The zero-order valence-corrected chi connectivity index (χ0v) is 9.32. The highest BCUT2D eigenvalue weighted by molar-refractivity contribution is 6.32. The second-order valence-corrected chi connectivity index (χ2v) is 4.20. The lowest BCUT2D eigenvalue weighted by atomic mass is 10.3. The standard InChI is InChI=1S/C10H18N2O2/c1-7(2)11-5-6-12(8(3)4)9(11)10(13)14/h7-8H,5-6H2,1-4H3/p+1. The van der Waals surface area contributed by atoms with Crippen LogP contribution < -0.4 is 0 Å². The molecular formula is C10H19N2O2+. The van der Waals surface area contributed by atoms with Gasteiger partial charge in [-0.15, -0.1) is 0 Å². The fourth-order valence-corrected chi connectivity index (χ4v) is 1.84. The van der Waals surface area contributed by atoms with E-state index in [-0.39, 0.29) is 12.1 Å². The predicted octanol–water partition coefficient (Wildman–Crippen LogP) is 0.614. The van der Waals surface area contributed by atoms with Gasteiger partial charge in [-0.3, -0.25) is 0 Å². The summed E-state index contributed by atoms with van der Waals surface area (Å²) in [7, 11) is 0. The van der Waals surface area contributed by atoms with E-state index >= 15 is 0 Å². The molecule has 0 fully saturated rings. The average molecular weight is 199 g/mol. The minimum atomic E-state index is -0.815. The molecule has 0 aliphatic carbocycles. The van der Waals surface area contributed by atoms with Crippen LogP contribution in [-0.2, 0) is 4.79 Å². The van der Waals surface area contributed by atoms with Crippen molar-refractivity contribution in [2.45, 2.75) is 39.8 Å². The van der Waals surface area contributed by atoms with Crippen molar-refractivity contribution < 1.29 is 14.5 Å². The van der Waals surface area contributed by atoms with Gasteiger partial charge in [0.1, 0.15) is 13.1 Å². The van der Waals surface area contributed by atoms with Crippen molar-refractivity contribution in [1.29, 1.82) is 0 Å². The first kappa shape index (κ1) is 11.0. The molecule has 1 heterocycles. The number of hydrogen-bond donors (Lipinski definition) is 1. The van der Waals surface area contributed by atoms with Crippen molar-refractivity contribution >= 4 is 11.8 Å². The number of nitrogens with zero attached hydrogens (tertiary/aromatic N) is 2. The quantitative estimate of drug-likeness (QED) is 0.677. The van der Waals surface area contributed by atoms with Crippen molar-refractivity contribution in [1.82, 2.24) is 4.90 Å². The molecule has 1 rings (SSSR count). The summed E-state index contributed by atoms with van der Waals surface area (Å²) < 4.78 is 1.95. The Hall–Kier alpha value is -1.06. The minimum absolute atomic E-state index is 0.254. The minimum Gasteiger partial charge on any atom is -0.472 e. The molecule has 4 nitrogen and oxygen atoms in total. The fraction of sp³-hybridized carbons (Fsp3) is 0.800. The summed E-state index contributed by atoms with van der Waals surface area (Å²) >= 11 is 0. The molecule has 0 amide bonds. The van der Waals surface area contributed by atoms with E-state index in [4.69, 9.17) is 5.11 Å². The van der Waals surface area contributed by atoms with Gasteiger partial charge in [0.05, 0.1) is 12.1 Å². The zero-order chi connectivity index (χ0) is 10.9. The Balaban J connectivity index is 3.02. The maximum absolute atomic E-state index is 11.1. The third-order valence-corrected chi connectivity index (χ3v) is 2.56. The van der Waals surface area contributed by atoms with Crippen LogP contribution in [0.15, 0.2) is 0 Å². The molecule has 1 aliphatic heterocycles. The molecule has 0 bridgehead atoms. The molecule has 0 aromatic heterocycles. The summed E-state index contributed by atoms with van der Waals surface area (Å²) in [4.78, 5) is 13.1. The van der Waals surface area contributed by atoms with E-state index in [9.17, 15) is 4.79 Å². The molecule has 0 saturated heterocycles.